The Morgan fingerprint density at radius 3 is 2.44 bits per heavy atom. The van der Waals surface area contributed by atoms with E-state index in [9.17, 15) is 0 Å². The highest BCUT2D eigenvalue weighted by Crippen LogP contribution is 2.37. The van der Waals surface area contributed by atoms with Crippen LogP contribution in [0.4, 0.5) is 5.82 Å². The van der Waals surface area contributed by atoms with Crippen LogP contribution in [0, 0.1) is 0 Å². The van der Waals surface area contributed by atoms with Crippen molar-refractivity contribution in [1.82, 2.24) is 14.8 Å². The Bertz CT molecular complexity index is 540. The predicted octanol–water partition coefficient (Wildman–Crippen LogP) is 2.75. The molecular formula is C14H20N4. The van der Waals surface area contributed by atoms with Crippen LogP contribution in [0.5, 0.6) is 0 Å². The highest BCUT2D eigenvalue weighted by molar-refractivity contribution is 5.77. The van der Waals surface area contributed by atoms with E-state index in [0.29, 0.717) is 5.82 Å². The molecule has 4 nitrogen and oxygen atoms in total. The molecule has 0 amide bonds. The number of aromatic nitrogens is 3. The van der Waals surface area contributed by atoms with Crippen molar-refractivity contribution >= 4 is 5.82 Å². The molecule has 2 aromatic heterocycles. The molecule has 0 saturated carbocycles. The number of aryl methyl sites for hydroxylation is 1. The lowest BCUT2D eigenvalue weighted by molar-refractivity contribution is 0.483. The molecule has 2 aromatic rings. The minimum atomic E-state index is 0.00792. The van der Waals surface area contributed by atoms with Crippen molar-refractivity contribution in [2.24, 2.45) is 7.05 Å². The number of nitrogens with zero attached hydrogens (tertiary/aromatic N) is 3. The van der Waals surface area contributed by atoms with Crippen LogP contribution < -0.4 is 5.73 Å². The van der Waals surface area contributed by atoms with Gasteiger partial charge in [-0.25, -0.2) is 0 Å². The predicted molar refractivity (Wildman–Crippen MR) is 74.2 cm³/mol. The summed E-state index contributed by atoms with van der Waals surface area (Å²) in [6, 6.07) is 3.95. The van der Waals surface area contributed by atoms with E-state index < -0.39 is 0 Å². The zero-order chi connectivity index (χ0) is 13.3. The van der Waals surface area contributed by atoms with Crippen LogP contribution in [0.1, 0.15) is 32.9 Å². The Labute approximate surface area is 108 Å². The van der Waals surface area contributed by atoms with Crippen LogP contribution in [-0.2, 0) is 12.5 Å². The molecule has 96 valence electrons. The number of anilines is 1. The van der Waals surface area contributed by atoms with Crippen LogP contribution in [0.3, 0.4) is 0 Å². The summed E-state index contributed by atoms with van der Waals surface area (Å²) in [4.78, 5) is 4.05. The monoisotopic (exact) mass is 244 g/mol. The van der Waals surface area contributed by atoms with Gasteiger partial charge in [0.25, 0.3) is 0 Å². The molecular weight excluding hydrogens is 224 g/mol. The number of nitrogens with two attached hydrogens (primary N) is 1. The van der Waals surface area contributed by atoms with E-state index in [1.807, 2.05) is 19.2 Å². The molecule has 0 radical (unpaired) electrons. The second-order valence-electron chi connectivity index (χ2n) is 5.21. The maximum atomic E-state index is 6.17. The summed E-state index contributed by atoms with van der Waals surface area (Å²) in [7, 11) is 1.88. The molecule has 0 aliphatic rings. The Morgan fingerprint density at radius 1 is 1.28 bits per heavy atom. The normalized spacial score (nSPS) is 11.8. The Kier molecular flexibility index (Phi) is 3.11. The first-order chi connectivity index (χ1) is 8.47. The quantitative estimate of drug-likeness (QED) is 0.903. The highest BCUT2D eigenvalue weighted by atomic mass is 15.3. The highest BCUT2D eigenvalue weighted by Gasteiger charge is 2.28. The first-order valence-electron chi connectivity index (χ1n) is 6.20. The Balaban J connectivity index is 2.67. The summed E-state index contributed by atoms with van der Waals surface area (Å²) in [5.74, 6) is 0.706. The average molecular weight is 244 g/mol. The van der Waals surface area contributed by atoms with Gasteiger partial charge in [0, 0.05) is 30.4 Å². The van der Waals surface area contributed by atoms with Crippen LogP contribution in [0.25, 0.3) is 11.1 Å². The van der Waals surface area contributed by atoms with Gasteiger partial charge in [0.1, 0.15) is 5.82 Å². The van der Waals surface area contributed by atoms with Crippen molar-refractivity contribution in [2.75, 3.05) is 5.73 Å². The van der Waals surface area contributed by atoms with Crippen molar-refractivity contribution in [3.05, 3.63) is 30.2 Å². The third-order valence-electron chi connectivity index (χ3n) is 3.59. The summed E-state index contributed by atoms with van der Waals surface area (Å²) in [6.07, 6.45) is 4.58. The van der Waals surface area contributed by atoms with Gasteiger partial charge in [0.2, 0.25) is 0 Å². The first kappa shape index (κ1) is 12.6. The molecule has 2 N–H and O–H groups in total. The van der Waals surface area contributed by atoms with E-state index in [0.717, 1.165) is 23.2 Å². The van der Waals surface area contributed by atoms with Gasteiger partial charge in [0.05, 0.1) is 5.69 Å². The first-order valence-corrected chi connectivity index (χ1v) is 6.20. The van der Waals surface area contributed by atoms with E-state index in [-0.39, 0.29) is 5.41 Å². The van der Waals surface area contributed by atoms with Crippen LogP contribution in [-0.4, -0.2) is 14.8 Å². The summed E-state index contributed by atoms with van der Waals surface area (Å²) >= 11 is 0. The third-order valence-corrected chi connectivity index (χ3v) is 3.59. The molecule has 18 heavy (non-hydrogen) atoms. The summed E-state index contributed by atoms with van der Waals surface area (Å²) in [5.41, 5.74) is 9.34. The molecule has 0 aromatic carbocycles. The largest absolute Gasteiger partial charge is 0.383 e. The molecule has 0 atom stereocenters. The van der Waals surface area contributed by atoms with E-state index in [4.69, 9.17) is 5.73 Å². The molecule has 0 unspecified atom stereocenters. The second-order valence-corrected chi connectivity index (χ2v) is 5.21. The van der Waals surface area contributed by atoms with Gasteiger partial charge in [-0.2, -0.15) is 5.10 Å². The number of rotatable bonds is 3. The van der Waals surface area contributed by atoms with Gasteiger partial charge in [-0.1, -0.05) is 20.8 Å². The van der Waals surface area contributed by atoms with Crippen molar-refractivity contribution in [2.45, 2.75) is 32.6 Å². The molecule has 0 bridgehead atoms. The van der Waals surface area contributed by atoms with E-state index in [1.54, 1.807) is 17.1 Å². The molecule has 2 heterocycles. The molecule has 4 heteroatoms. The number of hydrogen-bond acceptors (Lipinski definition) is 3. The van der Waals surface area contributed by atoms with Crippen molar-refractivity contribution < 1.29 is 0 Å². The zero-order valence-electron chi connectivity index (χ0n) is 11.4. The average Bonchev–Trinajstić information content (AvgIpc) is 2.68. The van der Waals surface area contributed by atoms with Gasteiger partial charge < -0.3 is 5.73 Å². The van der Waals surface area contributed by atoms with Gasteiger partial charge in [-0.3, -0.25) is 9.67 Å². The molecule has 2 rings (SSSR count). The van der Waals surface area contributed by atoms with Gasteiger partial charge in [0.15, 0.2) is 0 Å². The minimum Gasteiger partial charge on any atom is -0.383 e. The maximum Gasteiger partial charge on any atom is 0.129 e. The lowest BCUT2D eigenvalue weighted by Crippen LogP contribution is -2.17. The van der Waals surface area contributed by atoms with Crippen LogP contribution >= 0.6 is 0 Å². The fourth-order valence-corrected chi connectivity index (χ4v) is 1.98. The van der Waals surface area contributed by atoms with Gasteiger partial charge in [-0.05, 0) is 24.1 Å². The topological polar surface area (TPSA) is 56.7 Å². The molecule has 0 aliphatic carbocycles. The molecule has 0 fully saturated rings. The maximum absolute atomic E-state index is 6.17. The second kappa shape index (κ2) is 4.44. The third kappa shape index (κ3) is 1.98. The van der Waals surface area contributed by atoms with E-state index in [1.165, 1.54) is 0 Å². The van der Waals surface area contributed by atoms with Crippen LogP contribution in [0.15, 0.2) is 24.5 Å². The lowest BCUT2D eigenvalue weighted by Gasteiger charge is -2.21. The molecule has 0 saturated heterocycles. The van der Waals surface area contributed by atoms with Gasteiger partial charge >= 0.3 is 0 Å². The zero-order valence-corrected chi connectivity index (χ0v) is 11.4. The summed E-state index contributed by atoms with van der Waals surface area (Å²) in [6.45, 7) is 6.56. The van der Waals surface area contributed by atoms with Crippen molar-refractivity contribution in [3.63, 3.8) is 0 Å². The Morgan fingerprint density at radius 2 is 1.89 bits per heavy atom. The molecule has 0 spiro atoms. The standard InChI is InChI=1S/C14H20N4/c1-5-14(2,3)12-11(13(15)18(4)17-12)10-6-8-16-9-7-10/h6-9H,5,15H2,1-4H3. The number of nitrogen functional groups attached to an aromatic ring is 1. The number of pyridine rings is 1. The SMILES string of the molecule is CCC(C)(C)c1nn(C)c(N)c1-c1ccncc1. The number of hydrogen-bond donors (Lipinski definition) is 1. The smallest absolute Gasteiger partial charge is 0.129 e. The lowest BCUT2D eigenvalue weighted by atomic mass is 9.83. The fourth-order valence-electron chi connectivity index (χ4n) is 1.98. The summed E-state index contributed by atoms with van der Waals surface area (Å²) < 4.78 is 1.75. The minimum absolute atomic E-state index is 0.00792. The van der Waals surface area contributed by atoms with Crippen LogP contribution in [0.2, 0.25) is 0 Å². The molecule has 0 aliphatic heterocycles. The Hall–Kier alpha value is -1.84. The van der Waals surface area contributed by atoms with Crippen molar-refractivity contribution in [1.29, 1.82) is 0 Å². The van der Waals surface area contributed by atoms with E-state index in [2.05, 4.69) is 30.9 Å². The van der Waals surface area contributed by atoms with Crippen molar-refractivity contribution in [3.8, 4) is 11.1 Å². The van der Waals surface area contributed by atoms with Gasteiger partial charge in [-0.15, -0.1) is 0 Å². The fraction of sp³-hybridized carbons (Fsp3) is 0.429. The summed E-state index contributed by atoms with van der Waals surface area (Å²) in [5, 5.41) is 4.60. The van der Waals surface area contributed by atoms with E-state index >= 15 is 0 Å².